The van der Waals surface area contributed by atoms with Gasteiger partial charge in [-0.15, -0.1) is 0 Å². The van der Waals surface area contributed by atoms with Gasteiger partial charge in [-0.1, -0.05) is 22.0 Å². The van der Waals surface area contributed by atoms with Crippen molar-refractivity contribution in [2.45, 2.75) is 0 Å². The highest BCUT2D eigenvalue weighted by atomic mass is 79.9. The lowest BCUT2D eigenvalue weighted by molar-refractivity contribution is -0.119. The van der Waals surface area contributed by atoms with E-state index < -0.39 is 30.1 Å². The molecule has 0 saturated heterocycles. The highest BCUT2D eigenvalue weighted by molar-refractivity contribution is 9.10. The van der Waals surface area contributed by atoms with Crippen molar-refractivity contribution in [3.63, 3.8) is 0 Å². The van der Waals surface area contributed by atoms with Crippen molar-refractivity contribution in [1.82, 2.24) is 0 Å². The van der Waals surface area contributed by atoms with E-state index in [9.17, 15) is 18.4 Å². The fourth-order valence-electron chi connectivity index (χ4n) is 1.61. The highest BCUT2D eigenvalue weighted by Gasteiger charge is 2.12. The predicted molar refractivity (Wildman–Crippen MR) is 79.4 cm³/mol. The van der Waals surface area contributed by atoms with Gasteiger partial charge in [0.2, 0.25) is 0 Å². The van der Waals surface area contributed by atoms with Crippen molar-refractivity contribution < 1.29 is 23.1 Å². The molecule has 4 nitrogen and oxygen atoms in total. The van der Waals surface area contributed by atoms with Gasteiger partial charge >= 0.3 is 5.97 Å². The second kappa shape index (κ2) is 7.13. The number of benzene rings is 2. The van der Waals surface area contributed by atoms with E-state index in [0.717, 1.165) is 18.2 Å². The normalized spacial score (nSPS) is 10.1. The molecule has 2 aromatic rings. The summed E-state index contributed by atoms with van der Waals surface area (Å²) in [7, 11) is 0. The SMILES string of the molecule is O=C(COC(=O)c1cccc(Br)c1)Nc1cc(F)ccc1F. The van der Waals surface area contributed by atoms with Crippen LogP contribution >= 0.6 is 15.9 Å². The van der Waals surface area contributed by atoms with Crippen molar-refractivity contribution in [2.24, 2.45) is 0 Å². The average molecular weight is 370 g/mol. The summed E-state index contributed by atoms with van der Waals surface area (Å²) in [4.78, 5) is 23.3. The molecule has 1 N–H and O–H groups in total. The third-order valence-corrected chi connectivity index (χ3v) is 3.09. The van der Waals surface area contributed by atoms with E-state index in [-0.39, 0.29) is 11.3 Å². The number of carbonyl (C=O) groups excluding carboxylic acids is 2. The molecule has 0 radical (unpaired) electrons. The van der Waals surface area contributed by atoms with Gasteiger partial charge in [0.1, 0.15) is 11.6 Å². The molecule has 0 fully saturated rings. The second-order valence-electron chi connectivity index (χ2n) is 4.26. The fraction of sp³-hybridized carbons (Fsp3) is 0.0667. The third-order valence-electron chi connectivity index (χ3n) is 2.60. The third kappa shape index (κ3) is 4.36. The number of nitrogens with one attached hydrogen (secondary N) is 1. The minimum atomic E-state index is -0.784. The number of halogens is 3. The van der Waals surface area contributed by atoms with Crippen LogP contribution in [0.5, 0.6) is 0 Å². The molecule has 22 heavy (non-hydrogen) atoms. The summed E-state index contributed by atoms with van der Waals surface area (Å²) in [5, 5.41) is 2.13. The summed E-state index contributed by atoms with van der Waals surface area (Å²) < 4.78 is 31.8. The average Bonchev–Trinajstić information content (AvgIpc) is 2.48. The lowest BCUT2D eigenvalue weighted by Crippen LogP contribution is -2.21. The van der Waals surface area contributed by atoms with Gasteiger partial charge in [-0.2, -0.15) is 0 Å². The summed E-state index contributed by atoms with van der Waals surface area (Å²) in [5.74, 6) is -2.94. The maximum atomic E-state index is 13.3. The Hall–Kier alpha value is -2.28. The molecular weight excluding hydrogens is 360 g/mol. The molecule has 7 heteroatoms. The predicted octanol–water partition coefficient (Wildman–Crippen LogP) is 3.52. The molecule has 0 saturated carbocycles. The molecule has 0 aliphatic carbocycles. The summed E-state index contributed by atoms with van der Waals surface area (Å²) in [6.45, 7) is -0.610. The van der Waals surface area contributed by atoms with Crippen LogP contribution in [0, 0.1) is 11.6 Å². The van der Waals surface area contributed by atoms with E-state index in [1.807, 2.05) is 0 Å². The Morgan fingerprint density at radius 1 is 1.14 bits per heavy atom. The molecule has 0 bridgehead atoms. The summed E-state index contributed by atoms with van der Waals surface area (Å²) in [6, 6.07) is 9.09. The molecule has 0 heterocycles. The zero-order valence-corrected chi connectivity index (χ0v) is 12.7. The topological polar surface area (TPSA) is 55.4 Å². The Balaban J connectivity index is 1.93. The molecule has 0 aliphatic rings. The molecule has 114 valence electrons. The number of amides is 1. The quantitative estimate of drug-likeness (QED) is 0.838. The van der Waals surface area contributed by atoms with E-state index in [1.54, 1.807) is 12.1 Å². The Kier molecular flexibility index (Phi) is 5.21. The van der Waals surface area contributed by atoms with Crippen molar-refractivity contribution >= 4 is 33.5 Å². The van der Waals surface area contributed by atoms with Crippen molar-refractivity contribution in [3.05, 3.63) is 64.1 Å². The Bertz CT molecular complexity index is 722. The Labute approximate surface area is 133 Å². The summed E-state index contributed by atoms with van der Waals surface area (Å²) in [6.07, 6.45) is 0. The minimum Gasteiger partial charge on any atom is -0.452 e. The van der Waals surface area contributed by atoms with Crippen LogP contribution in [-0.2, 0) is 9.53 Å². The van der Waals surface area contributed by atoms with Crippen LogP contribution in [0.1, 0.15) is 10.4 Å². The van der Waals surface area contributed by atoms with Gasteiger partial charge in [0.15, 0.2) is 6.61 Å². The standard InChI is InChI=1S/C15H10BrF2NO3/c16-10-3-1-2-9(6-10)15(21)22-8-14(20)19-13-7-11(17)4-5-12(13)18/h1-7H,8H2,(H,19,20). The van der Waals surface area contributed by atoms with Gasteiger partial charge < -0.3 is 10.1 Å². The first kappa shape index (κ1) is 16.1. The zero-order chi connectivity index (χ0) is 16.1. The lowest BCUT2D eigenvalue weighted by Gasteiger charge is -2.07. The number of rotatable bonds is 4. The minimum absolute atomic E-state index is 0.263. The number of carbonyl (C=O) groups is 2. The van der Waals surface area contributed by atoms with E-state index in [1.165, 1.54) is 12.1 Å². The van der Waals surface area contributed by atoms with Crippen molar-refractivity contribution in [2.75, 3.05) is 11.9 Å². The van der Waals surface area contributed by atoms with E-state index in [0.29, 0.717) is 4.47 Å². The molecule has 0 spiro atoms. The van der Waals surface area contributed by atoms with Gasteiger partial charge in [-0.3, -0.25) is 4.79 Å². The van der Waals surface area contributed by atoms with Crippen LogP contribution in [0.4, 0.5) is 14.5 Å². The van der Waals surface area contributed by atoms with Crippen LogP contribution in [0.2, 0.25) is 0 Å². The van der Waals surface area contributed by atoms with Crippen molar-refractivity contribution in [3.8, 4) is 0 Å². The Morgan fingerprint density at radius 2 is 1.91 bits per heavy atom. The maximum absolute atomic E-state index is 13.3. The number of hydrogen-bond donors (Lipinski definition) is 1. The monoisotopic (exact) mass is 369 g/mol. The molecule has 1 amide bonds. The Morgan fingerprint density at radius 3 is 2.64 bits per heavy atom. The summed E-state index contributed by atoms with van der Waals surface area (Å²) >= 11 is 3.21. The van der Waals surface area contributed by atoms with Crippen LogP contribution < -0.4 is 5.32 Å². The molecule has 2 rings (SSSR count). The zero-order valence-electron chi connectivity index (χ0n) is 11.1. The van der Waals surface area contributed by atoms with E-state index in [4.69, 9.17) is 4.74 Å². The molecular formula is C15H10BrF2NO3. The van der Waals surface area contributed by atoms with Crippen LogP contribution in [0.25, 0.3) is 0 Å². The first-order chi connectivity index (χ1) is 10.5. The number of esters is 1. The second-order valence-corrected chi connectivity index (χ2v) is 5.17. The summed E-state index contributed by atoms with van der Waals surface area (Å²) in [5.41, 5.74) is -0.0531. The molecule has 0 atom stereocenters. The van der Waals surface area contributed by atoms with E-state index in [2.05, 4.69) is 21.2 Å². The molecule has 0 unspecified atom stereocenters. The molecule has 0 aliphatic heterocycles. The van der Waals surface area contributed by atoms with Gasteiger partial charge in [0.25, 0.3) is 5.91 Å². The van der Waals surface area contributed by atoms with Gasteiger partial charge in [-0.25, -0.2) is 13.6 Å². The highest BCUT2D eigenvalue weighted by Crippen LogP contribution is 2.15. The molecule has 0 aromatic heterocycles. The first-order valence-electron chi connectivity index (χ1n) is 6.13. The number of ether oxygens (including phenoxy) is 1. The van der Waals surface area contributed by atoms with Crippen LogP contribution in [0.3, 0.4) is 0 Å². The number of hydrogen-bond acceptors (Lipinski definition) is 3. The fourth-order valence-corrected chi connectivity index (χ4v) is 2.01. The van der Waals surface area contributed by atoms with E-state index >= 15 is 0 Å². The van der Waals surface area contributed by atoms with Crippen LogP contribution in [0.15, 0.2) is 46.9 Å². The lowest BCUT2D eigenvalue weighted by atomic mass is 10.2. The van der Waals surface area contributed by atoms with Crippen LogP contribution in [-0.4, -0.2) is 18.5 Å². The van der Waals surface area contributed by atoms with Gasteiger partial charge in [-0.05, 0) is 30.3 Å². The molecule has 2 aromatic carbocycles. The van der Waals surface area contributed by atoms with Gasteiger partial charge in [0, 0.05) is 10.5 Å². The smallest absolute Gasteiger partial charge is 0.338 e. The van der Waals surface area contributed by atoms with Gasteiger partial charge in [0.05, 0.1) is 11.3 Å². The largest absolute Gasteiger partial charge is 0.452 e. The van der Waals surface area contributed by atoms with Crippen molar-refractivity contribution in [1.29, 1.82) is 0 Å². The maximum Gasteiger partial charge on any atom is 0.338 e. The number of anilines is 1. The first-order valence-corrected chi connectivity index (χ1v) is 6.92.